The van der Waals surface area contributed by atoms with Crippen LogP contribution >= 0.6 is 0 Å². The van der Waals surface area contributed by atoms with Crippen LogP contribution in [-0.2, 0) is 10.0 Å². The summed E-state index contributed by atoms with van der Waals surface area (Å²) in [6.07, 6.45) is 1.56. The Kier molecular flexibility index (Phi) is 5.01. The molecule has 1 aromatic carbocycles. The van der Waals surface area contributed by atoms with Crippen molar-refractivity contribution in [1.29, 1.82) is 0 Å². The van der Waals surface area contributed by atoms with Crippen LogP contribution < -0.4 is 0 Å². The summed E-state index contributed by atoms with van der Waals surface area (Å²) in [5, 5.41) is 0. The normalized spacial score (nSPS) is 18.6. The third-order valence-corrected chi connectivity index (χ3v) is 6.18. The highest BCUT2D eigenvalue weighted by molar-refractivity contribution is 7.89. The average molecular weight is 314 g/mol. The number of hydrogen-bond acceptors (Lipinski definition) is 3. The number of halogens is 1. The van der Waals surface area contributed by atoms with Gasteiger partial charge in [-0.3, -0.25) is 0 Å². The summed E-state index contributed by atoms with van der Waals surface area (Å²) in [5.74, 6) is -0.691. The zero-order chi connectivity index (χ0) is 15.6. The predicted octanol–water partition coefficient (Wildman–Crippen LogP) is 2.32. The molecule has 1 aromatic rings. The first-order valence-electron chi connectivity index (χ1n) is 7.30. The molecule has 0 aromatic heterocycles. The Balaban J connectivity index is 2.13. The van der Waals surface area contributed by atoms with Crippen molar-refractivity contribution in [3.8, 4) is 0 Å². The van der Waals surface area contributed by atoms with Gasteiger partial charge in [0.1, 0.15) is 10.7 Å². The quantitative estimate of drug-likeness (QED) is 0.856. The molecule has 1 saturated heterocycles. The van der Waals surface area contributed by atoms with Crippen molar-refractivity contribution in [1.82, 2.24) is 9.21 Å². The van der Waals surface area contributed by atoms with Crippen molar-refractivity contribution in [3.63, 3.8) is 0 Å². The second-order valence-corrected chi connectivity index (χ2v) is 7.78. The lowest BCUT2D eigenvalue weighted by molar-refractivity contribution is 0.140. The minimum absolute atomic E-state index is 0.0652. The first-order valence-corrected chi connectivity index (χ1v) is 8.74. The van der Waals surface area contributed by atoms with Crippen molar-refractivity contribution in [2.75, 3.05) is 20.1 Å². The van der Waals surface area contributed by atoms with Crippen LogP contribution in [0.2, 0.25) is 0 Å². The Morgan fingerprint density at radius 2 is 1.81 bits per heavy atom. The topological polar surface area (TPSA) is 40.6 Å². The molecule has 0 radical (unpaired) electrons. The van der Waals surface area contributed by atoms with Crippen LogP contribution in [0.1, 0.15) is 26.7 Å². The monoisotopic (exact) mass is 314 g/mol. The molecule has 1 aliphatic rings. The maximum absolute atomic E-state index is 13.8. The van der Waals surface area contributed by atoms with E-state index in [1.165, 1.54) is 22.5 Å². The summed E-state index contributed by atoms with van der Waals surface area (Å²) in [5.41, 5.74) is 0. The zero-order valence-corrected chi connectivity index (χ0v) is 13.6. The molecule has 118 valence electrons. The Hall–Kier alpha value is -0.980. The molecule has 6 heteroatoms. The van der Waals surface area contributed by atoms with Crippen LogP contribution in [0.15, 0.2) is 29.2 Å². The van der Waals surface area contributed by atoms with Crippen LogP contribution in [0.4, 0.5) is 4.39 Å². The highest BCUT2D eigenvalue weighted by Gasteiger charge is 2.32. The minimum Gasteiger partial charge on any atom is -0.301 e. The fraction of sp³-hybridized carbons (Fsp3) is 0.600. The van der Waals surface area contributed by atoms with E-state index >= 15 is 0 Å². The molecular weight excluding hydrogens is 291 g/mol. The summed E-state index contributed by atoms with van der Waals surface area (Å²) in [6, 6.07) is 5.96. The van der Waals surface area contributed by atoms with Gasteiger partial charge in [-0.2, -0.15) is 4.31 Å². The number of hydrogen-bond donors (Lipinski definition) is 0. The van der Waals surface area contributed by atoms with E-state index in [0.717, 1.165) is 25.9 Å². The first kappa shape index (κ1) is 16.4. The van der Waals surface area contributed by atoms with Crippen molar-refractivity contribution >= 4 is 10.0 Å². The summed E-state index contributed by atoms with van der Waals surface area (Å²) in [6.45, 7) is 6.03. The maximum atomic E-state index is 13.8. The summed E-state index contributed by atoms with van der Waals surface area (Å²) < 4.78 is 40.2. The van der Waals surface area contributed by atoms with Crippen molar-refractivity contribution < 1.29 is 12.8 Å². The van der Waals surface area contributed by atoms with E-state index in [2.05, 4.69) is 18.7 Å². The Morgan fingerprint density at radius 1 is 1.24 bits per heavy atom. The van der Waals surface area contributed by atoms with Crippen LogP contribution in [0.5, 0.6) is 0 Å². The molecule has 4 nitrogen and oxygen atoms in total. The summed E-state index contributed by atoms with van der Waals surface area (Å²) in [7, 11) is -2.21. The van der Waals surface area contributed by atoms with E-state index in [4.69, 9.17) is 0 Å². The Morgan fingerprint density at radius 3 is 2.33 bits per heavy atom. The molecule has 1 fully saturated rings. The van der Waals surface area contributed by atoms with Crippen LogP contribution in [0, 0.1) is 5.82 Å². The molecule has 0 N–H and O–H groups in total. The minimum atomic E-state index is -3.77. The Bertz CT molecular complexity index is 581. The second kappa shape index (κ2) is 6.42. The number of benzene rings is 1. The number of nitrogens with zero attached hydrogens (tertiary/aromatic N) is 2. The number of rotatable bonds is 4. The molecule has 21 heavy (non-hydrogen) atoms. The molecule has 0 unspecified atom stereocenters. The highest BCUT2D eigenvalue weighted by Crippen LogP contribution is 2.24. The predicted molar refractivity (Wildman–Crippen MR) is 81.1 cm³/mol. The molecular formula is C15H23FN2O2S. The first-order chi connectivity index (χ1) is 9.84. The van der Waals surface area contributed by atoms with E-state index in [1.807, 2.05) is 0 Å². The lowest BCUT2D eigenvalue weighted by Gasteiger charge is -2.37. The largest absolute Gasteiger partial charge is 0.301 e. The third-order valence-electron chi connectivity index (χ3n) is 4.24. The fourth-order valence-electron chi connectivity index (χ4n) is 2.77. The summed E-state index contributed by atoms with van der Waals surface area (Å²) >= 11 is 0. The van der Waals surface area contributed by atoms with E-state index in [0.29, 0.717) is 6.04 Å². The van der Waals surface area contributed by atoms with Crippen LogP contribution in [-0.4, -0.2) is 49.8 Å². The lowest BCUT2D eigenvalue weighted by atomic mass is 10.0. The lowest BCUT2D eigenvalue weighted by Crippen LogP contribution is -2.47. The van der Waals surface area contributed by atoms with Crippen molar-refractivity contribution in [2.24, 2.45) is 0 Å². The summed E-state index contributed by atoms with van der Waals surface area (Å²) in [4.78, 5) is 2.10. The van der Waals surface area contributed by atoms with Gasteiger partial charge in [0.2, 0.25) is 10.0 Å². The molecule has 0 amide bonds. The van der Waals surface area contributed by atoms with Crippen LogP contribution in [0.3, 0.4) is 0 Å². The Labute approximate surface area is 126 Å². The van der Waals surface area contributed by atoms with Gasteiger partial charge >= 0.3 is 0 Å². The highest BCUT2D eigenvalue weighted by atomic mass is 32.2. The standard InChI is InChI=1S/C15H23FN2O2S/c1-12(2)18-10-8-13(9-11-18)17(3)21(19,20)15-7-5-4-6-14(15)16/h4-7,12-13H,8-11H2,1-3H3. The van der Waals surface area contributed by atoms with Crippen molar-refractivity contribution in [2.45, 2.75) is 43.7 Å². The van der Waals surface area contributed by atoms with E-state index < -0.39 is 15.8 Å². The molecule has 1 heterocycles. The van der Waals surface area contributed by atoms with E-state index in [1.54, 1.807) is 13.1 Å². The van der Waals surface area contributed by atoms with Crippen molar-refractivity contribution in [3.05, 3.63) is 30.1 Å². The average Bonchev–Trinajstić information content (AvgIpc) is 2.46. The molecule has 0 aliphatic carbocycles. The molecule has 0 saturated carbocycles. The van der Waals surface area contributed by atoms with Gasteiger partial charge in [-0.15, -0.1) is 0 Å². The van der Waals surface area contributed by atoms with Crippen LogP contribution in [0.25, 0.3) is 0 Å². The second-order valence-electron chi connectivity index (χ2n) is 5.81. The van der Waals surface area contributed by atoms with Gasteiger partial charge in [-0.1, -0.05) is 12.1 Å². The van der Waals surface area contributed by atoms with Gasteiger partial charge in [-0.25, -0.2) is 12.8 Å². The number of piperidine rings is 1. The van der Waals surface area contributed by atoms with Gasteiger partial charge < -0.3 is 4.90 Å². The van der Waals surface area contributed by atoms with Gasteiger partial charge in [0.25, 0.3) is 0 Å². The molecule has 1 aliphatic heterocycles. The van der Waals surface area contributed by atoms with Gasteiger partial charge in [0, 0.05) is 19.1 Å². The van der Waals surface area contributed by atoms with Gasteiger partial charge in [0.05, 0.1) is 0 Å². The molecule has 0 spiro atoms. The molecule has 0 bridgehead atoms. The SMILES string of the molecule is CC(C)N1CCC(N(C)S(=O)(=O)c2ccccc2F)CC1. The third kappa shape index (κ3) is 3.44. The van der Waals surface area contributed by atoms with Gasteiger partial charge in [-0.05, 0) is 51.9 Å². The maximum Gasteiger partial charge on any atom is 0.245 e. The smallest absolute Gasteiger partial charge is 0.245 e. The number of likely N-dealkylation sites (tertiary alicyclic amines) is 1. The molecule has 2 rings (SSSR count). The van der Waals surface area contributed by atoms with E-state index in [-0.39, 0.29) is 10.9 Å². The van der Waals surface area contributed by atoms with E-state index in [9.17, 15) is 12.8 Å². The fourth-order valence-corrected chi connectivity index (χ4v) is 4.25. The van der Waals surface area contributed by atoms with Gasteiger partial charge in [0.15, 0.2) is 0 Å². The zero-order valence-electron chi connectivity index (χ0n) is 12.8. The molecule has 0 atom stereocenters. The number of sulfonamides is 1.